The lowest BCUT2D eigenvalue weighted by Gasteiger charge is -2.16. The highest BCUT2D eigenvalue weighted by atomic mass is 19.4. The maximum absolute atomic E-state index is 12.9. The van der Waals surface area contributed by atoms with E-state index < -0.39 is 57.6 Å². The van der Waals surface area contributed by atoms with Crippen LogP contribution in [0.15, 0.2) is 42.5 Å². The Labute approximate surface area is 169 Å². The molecule has 0 aliphatic heterocycles. The van der Waals surface area contributed by atoms with Gasteiger partial charge in [0.2, 0.25) is 0 Å². The molecule has 0 saturated carbocycles. The van der Waals surface area contributed by atoms with Crippen molar-refractivity contribution in [1.29, 1.82) is 0 Å². The van der Waals surface area contributed by atoms with Gasteiger partial charge in [-0.25, -0.2) is 4.79 Å². The van der Waals surface area contributed by atoms with E-state index in [0.29, 0.717) is 0 Å². The average molecular weight is 450 g/mol. The Morgan fingerprint density at radius 2 is 1.52 bits per heavy atom. The molecule has 7 nitrogen and oxygen atoms in total. The molecule has 0 radical (unpaired) electrons. The number of nitrogens with zero attached hydrogens (tertiary/aromatic N) is 1. The number of nitro benzene ring substituents is 1. The number of nitro groups is 1. The third-order valence-electron chi connectivity index (χ3n) is 3.84. The van der Waals surface area contributed by atoms with Crippen LogP contribution in [0.2, 0.25) is 0 Å². The Kier molecular flexibility index (Phi) is 6.57. The molecule has 1 amide bonds. The summed E-state index contributed by atoms with van der Waals surface area (Å²) in [5.74, 6) is -2.72. The van der Waals surface area contributed by atoms with Crippen LogP contribution in [0.5, 0.6) is 0 Å². The van der Waals surface area contributed by atoms with Crippen LogP contribution in [-0.4, -0.2) is 22.9 Å². The fourth-order valence-corrected chi connectivity index (χ4v) is 2.33. The first kappa shape index (κ1) is 23.6. The second kappa shape index (κ2) is 8.62. The van der Waals surface area contributed by atoms with E-state index in [-0.39, 0.29) is 23.9 Å². The molecule has 2 aromatic carbocycles. The second-order valence-electron chi connectivity index (χ2n) is 6.11. The third-order valence-corrected chi connectivity index (χ3v) is 3.84. The minimum absolute atomic E-state index is 0.157. The maximum Gasteiger partial charge on any atom is 0.416 e. The Balaban J connectivity index is 2.24. The van der Waals surface area contributed by atoms with Crippen molar-refractivity contribution in [2.75, 3.05) is 5.32 Å². The number of nitrogens with one attached hydrogen (secondary N) is 1. The summed E-state index contributed by atoms with van der Waals surface area (Å²) in [7, 11) is 0. The van der Waals surface area contributed by atoms with Crippen molar-refractivity contribution in [3.05, 3.63) is 69.3 Å². The Bertz CT molecular complexity index is 987. The van der Waals surface area contributed by atoms with Gasteiger partial charge < -0.3 is 10.1 Å². The number of rotatable bonds is 5. The first-order valence-electron chi connectivity index (χ1n) is 8.25. The van der Waals surface area contributed by atoms with E-state index in [1.807, 2.05) is 0 Å². The van der Waals surface area contributed by atoms with Crippen LogP contribution in [0.3, 0.4) is 0 Å². The number of esters is 1. The van der Waals surface area contributed by atoms with Crippen LogP contribution in [0.1, 0.15) is 28.4 Å². The molecule has 1 N–H and O–H groups in total. The molecular weight excluding hydrogens is 438 g/mol. The quantitative estimate of drug-likeness (QED) is 0.305. The SMILES string of the molecule is CC(OC(=O)c1cc(C(F)(F)F)cc(C(F)(F)F)c1)C(=O)Nc1ccccc1[N+](=O)[O-]. The molecule has 1 atom stereocenters. The molecule has 0 bridgehead atoms. The molecule has 2 rings (SSSR count). The van der Waals surface area contributed by atoms with E-state index in [4.69, 9.17) is 0 Å². The maximum atomic E-state index is 12.9. The van der Waals surface area contributed by atoms with Gasteiger partial charge in [-0.1, -0.05) is 12.1 Å². The standard InChI is InChI=1S/C18H12F6N2O5/c1-9(15(27)25-13-4-2-3-5-14(13)26(29)30)31-16(28)10-6-11(17(19,20)21)8-12(7-10)18(22,23)24/h2-9H,1H3,(H,25,27). The highest BCUT2D eigenvalue weighted by Gasteiger charge is 2.38. The van der Waals surface area contributed by atoms with Crippen molar-refractivity contribution >= 4 is 23.3 Å². The van der Waals surface area contributed by atoms with E-state index in [1.165, 1.54) is 18.2 Å². The monoisotopic (exact) mass is 450 g/mol. The minimum atomic E-state index is -5.18. The summed E-state index contributed by atoms with van der Waals surface area (Å²) in [6, 6.07) is 5.08. The zero-order chi connectivity index (χ0) is 23.6. The number of para-hydroxylation sites is 2. The van der Waals surface area contributed by atoms with Crippen molar-refractivity contribution in [1.82, 2.24) is 0 Å². The zero-order valence-corrected chi connectivity index (χ0v) is 15.4. The van der Waals surface area contributed by atoms with Gasteiger partial charge in [0, 0.05) is 6.07 Å². The molecule has 0 saturated heterocycles. The highest BCUT2D eigenvalue weighted by molar-refractivity contribution is 5.98. The van der Waals surface area contributed by atoms with Gasteiger partial charge in [-0.2, -0.15) is 26.3 Å². The van der Waals surface area contributed by atoms with E-state index in [9.17, 15) is 46.0 Å². The number of ether oxygens (including phenoxy) is 1. The van der Waals surface area contributed by atoms with Gasteiger partial charge in [0.05, 0.1) is 21.6 Å². The lowest BCUT2D eigenvalue weighted by molar-refractivity contribution is -0.383. The predicted molar refractivity (Wildman–Crippen MR) is 93.0 cm³/mol. The Morgan fingerprint density at radius 1 is 1.00 bits per heavy atom. The van der Waals surface area contributed by atoms with Gasteiger partial charge in [0.1, 0.15) is 5.69 Å². The van der Waals surface area contributed by atoms with Crippen LogP contribution >= 0.6 is 0 Å². The summed E-state index contributed by atoms with van der Waals surface area (Å²) in [5.41, 5.74) is -5.27. The number of alkyl halides is 6. The fraction of sp³-hybridized carbons (Fsp3) is 0.222. The van der Waals surface area contributed by atoms with Crippen LogP contribution in [-0.2, 0) is 21.9 Å². The number of amides is 1. The third kappa shape index (κ3) is 5.93. The van der Waals surface area contributed by atoms with Gasteiger partial charge in [0.15, 0.2) is 6.10 Å². The number of hydrogen-bond acceptors (Lipinski definition) is 5. The summed E-state index contributed by atoms with van der Waals surface area (Å²) in [4.78, 5) is 34.4. The molecular formula is C18H12F6N2O5. The van der Waals surface area contributed by atoms with Crippen LogP contribution in [0.4, 0.5) is 37.7 Å². The van der Waals surface area contributed by atoms with Crippen LogP contribution in [0, 0.1) is 10.1 Å². The minimum Gasteiger partial charge on any atom is -0.449 e. The molecule has 0 aliphatic rings. The van der Waals surface area contributed by atoms with Crippen LogP contribution < -0.4 is 5.32 Å². The van der Waals surface area contributed by atoms with Crippen molar-refractivity contribution < 1.29 is 45.6 Å². The average Bonchev–Trinajstić information content (AvgIpc) is 2.66. The molecule has 0 spiro atoms. The molecule has 13 heteroatoms. The van der Waals surface area contributed by atoms with Crippen molar-refractivity contribution in [2.24, 2.45) is 0 Å². The van der Waals surface area contributed by atoms with E-state index in [2.05, 4.69) is 10.1 Å². The van der Waals surface area contributed by atoms with Crippen molar-refractivity contribution in [2.45, 2.75) is 25.4 Å². The van der Waals surface area contributed by atoms with Gasteiger partial charge >= 0.3 is 18.3 Å². The first-order chi connectivity index (χ1) is 14.2. The zero-order valence-electron chi connectivity index (χ0n) is 15.4. The topological polar surface area (TPSA) is 98.5 Å². The highest BCUT2D eigenvalue weighted by Crippen LogP contribution is 2.36. The van der Waals surface area contributed by atoms with Gasteiger partial charge in [-0.05, 0) is 31.2 Å². The van der Waals surface area contributed by atoms with Crippen molar-refractivity contribution in [3.8, 4) is 0 Å². The van der Waals surface area contributed by atoms with Gasteiger partial charge in [-0.15, -0.1) is 0 Å². The van der Waals surface area contributed by atoms with E-state index in [0.717, 1.165) is 13.0 Å². The number of carbonyl (C=O) groups excluding carboxylic acids is 2. The summed E-state index contributed by atoms with van der Waals surface area (Å²) in [6.45, 7) is 0.986. The fourth-order valence-electron chi connectivity index (χ4n) is 2.33. The smallest absolute Gasteiger partial charge is 0.416 e. The van der Waals surface area contributed by atoms with Gasteiger partial charge in [-0.3, -0.25) is 14.9 Å². The van der Waals surface area contributed by atoms with E-state index >= 15 is 0 Å². The molecule has 0 aliphatic carbocycles. The molecule has 0 fully saturated rings. The molecule has 0 heterocycles. The van der Waals surface area contributed by atoms with Crippen molar-refractivity contribution in [3.63, 3.8) is 0 Å². The molecule has 31 heavy (non-hydrogen) atoms. The number of hydrogen-bond donors (Lipinski definition) is 1. The number of carbonyl (C=O) groups is 2. The van der Waals surface area contributed by atoms with E-state index in [1.54, 1.807) is 0 Å². The largest absolute Gasteiger partial charge is 0.449 e. The van der Waals surface area contributed by atoms with Gasteiger partial charge in [0.25, 0.3) is 11.6 Å². The Morgan fingerprint density at radius 3 is 2.00 bits per heavy atom. The first-order valence-corrected chi connectivity index (χ1v) is 8.25. The predicted octanol–water partition coefficient (Wildman–Crippen LogP) is 4.82. The number of benzene rings is 2. The summed E-state index contributed by atoms with van der Waals surface area (Å²) in [6.07, 6.45) is -12.0. The molecule has 166 valence electrons. The molecule has 2 aromatic rings. The Hall–Kier alpha value is -3.64. The second-order valence-corrected chi connectivity index (χ2v) is 6.11. The molecule has 1 unspecified atom stereocenters. The lowest BCUT2D eigenvalue weighted by atomic mass is 10.0. The summed E-state index contributed by atoms with van der Waals surface area (Å²) in [5, 5.41) is 13.0. The van der Waals surface area contributed by atoms with Crippen LogP contribution in [0.25, 0.3) is 0 Å². The summed E-state index contributed by atoms with van der Waals surface area (Å²) < 4.78 is 82.0. The molecule has 0 aromatic heterocycles. The number of halogens is 6. The summed E-state index contributed by atoms with van der Waals surface area (Å²) >= 11 is 0. The normalized spacial score (nSPS) is 12.7. The lowest BCUT2D eigenvalue weighted by Crippen LogP contribution is -2.30. The number of anilines is 1.